The summed E-state index contributed by atoms with van der Waals surface area (Å²) in [5.41, 5.74) is 9.13. The van der Waals surface area contributed by atoms with Crippen molar-refractivity contribution in [1.82, 2.24) is 9.97 Å². The largest absolute Gasteiger partial charge is 0.324 e. The first kappa shape index (κ1) is 14.0. The highest BCUT2D eigenvalue weighted by molar-refractivity contribution is 7.98. The molecule has 0 aliphatic heterocycles. The average molecular weight is 273 g/mol. The van der Waals surface area contributed by atoms with Crippen molar-refractivity contribution in [1.29, 1.82) is 0 Å². The molecule has 0 radical (unpaired) electrons. The maximum atomic E-state index is 5.86. The zero-order valence-electron chi connectivity index (χ0n) is 11.6. The minimum atomic E-state index is -0.0150. The molecule has 1 aromatic carbocycles. The Balaban J connectivity index is 2.04. The normalized spacial score (nSPS) is 12.4. The van der Waals surface area contributed by atoms with E-state index in [2.05, 4.69) is 41.2 Å². The van der Waals surface area contributed by atoms with E-state index >= 15 is 0 Å². The van der Waals surface area contributed by atoms with Crippen LogP contribution in [0.1, 0.15) is 35.6 Å². The van der Waals surface area contributed by atoms with E-state index in [9.17, 15) is 0 Å². The second-order valence-electron chi connectivity index (χ2n) is 4.72. The summed E-state index contributed by atoms with van der Waals surface area (Å²) in [5.74, 6) is 1.64. The number of hydrogen-bond donors (Lipinski definition) is 1. The fourth-order valence-corrected chi connectivity index (χ4v) is 2.59. The van der Waals surface area contributed by atoms with Crippen LogP contribution in [0.2, 0.25) is 0 Å². The molecule has 0 amide bonds. The first-order valence-corrected chi connectivity index (χ1v) is 7.32. The molecule has 3 nitrogen and oxygen atoms in total. The van der Waals surface area contributed by atoms with Crippen molar-refractivity contribution < 1.29 is 0 Å². The van der Waals surface area contributed by atoms with Crippen molar-refractivity contribution in [3.63, 3.8) is 0 Å². The van der Waals surface area contributed by atoms with Crippen molar-refractivity contribution >= 4 is 11.8 Å². The highest BCUT2D eigenvalue weighted by Crippen LogP contribution is 2.22. The van der Waals surface area contributed by atoms with Crippen LogP contribution in [0, 0.1) is 13.8 Å². The number of nitrogens with zero attached hydrogens (tertiary/aromatic N) is 2. The molecule has 0 saturated carbocycles. The van der Waals surface area contributed by atoms with Gasteiger partial charge in [0.15, 0.2) is 0 Å². The van der Waals surface area contributed by atoms with Gasteiger partial charge in [-0.2, -0.15) is 0 Å². The van der Waals surface area contributed by atoms with E-state index in [0.29, 0.717) is 0 Å². The second kappa shape index (κ2) is 6.17. The first-order valence-electron chi connectivity index (χ1n) is 6.33. The second-order valence-corrected chi connectivity index (χ2v) is 5.77. The Morgan fingerprint density at radius 1 is 1.21 bits per heavy atom. The van der Waals surface area contributed by atoms with E-state index in [4.69, 9.17) is 5.73 Å². The Kier molecular flexibility index (Phi) is 4.56. The van der Waals surface area contributed by atoms with E-state index in [1.165, 1.54) is 10.5 Å². The lowest BCUT2D eigenvalue weighted by Gasteiger charge is -2.09. The van der Waals surface area contributed by atoms with Crippen molar-refractivity contribution in [2.75, 3.05) is 0 Å². The standard InChI is InChI=1S/C15H19N3S/c1-10-4-6-13(7-5-10)19-9-15-17-8-14(11(2)16)12(3)18-15/h4-8,11H,9,16H2,1-3H3/t11-/m0/s1. The molecular weight excluding hydrogens is 254 g/mol. The summed E-state index contributed by atoms with van der Waals surface area (Å²) in [6.07, 6.45) is 1.85. The van der Waals surface area contributed by atoms with E-state index < -0.39 is 0 Å². The van der Waals surface area contributed by atoms with Crippen LogP contribution in [0.25, 0.3) is 0 Å². The van der Waals surface area contributed by atoms with Gasteiger partial charge < -0.3 is 5.73 Å². The molecule has 0 saturated heterocycles. The summed E-state index contributed by atoms with van der Waals surface area (Å²) >= 11 is 1.75. The van der Waals surface area contributed by atoms with Crippen molar-refractivity contribution in [3.05, 3.63) is 53.1 Å². The lowest BCUT2D eigenvalue weighted by Crippen LogP contribution is -2.10. The van der Waals surface area contributed by atoms with Gasteiger partial charge in [0.1, 0.15) is 5.82 Å². The summed E-state index contributed by atoms with van der Waals surface area (Å²) in [7, 11) is 0. The third-order valence-corrected chi connectivity index (χ3v) is 3.95. The molecule has 0 aliphatic rings. The average Bonchev–Trinajstić information content (AvgIpc) is 2.37. The van der Waals surface area contributed by atoms with Crippen LogP contribution in [0.5, 0.6) is 0 Å². The Morgan fingerprint density at radius 3 is 2.47 bits per heavy atom. The monoisotopic (exact) mass is 273 g/mol. The number of benzene rings is 1. The highest BCUT2D eigenvalue weighted by atomic mass is 32.2. The van der Waals surface area contributed by atoms with Crippen LogP contribution in [-0.2, 0) is 5.75 Å². The van der Waals surface area contributed by atoms with Crippen LogP contribution >= 0.6 is 11.8 Å². The zero-order valence-corrected chi connectivity index (χ0v) is 12.4. The van der Waals surface area contributed by atoms with Crippen molar-refractivity contribution in [2.45, 2.75) is 37.5 Å². The quantitative estimate of drug-likeness (QED) is 0.867. The number of nitrogens with two attached hydrogens (primary N) is 1. The molecular formula is C15H19N3S. The molecule has 1 atom stereocenters. The van der Waals surface area contributed by atoms with Gasteiger partial charge in [-0.05, 0) is 32.9 Å². The van der Waals surface area contributed by atoms with Gasteiger partial charge in [0.2, 0.25) is 0 Å². The number of rotatable bonds is 4. The number of aromatic nitrogens is 2. The fourth-order valence-electron chi connectivity index (χ4n) is 1.82. The van der Waals surface area contributed by atoms with E-state index in [1.54, 1.807) is 11.8 Å². The van der Waals surface area contributed by atoms with Gasteiger partial charge >= 0.3 is 0 Å². The highest BCUT2D eigenvalue weighted by Gasteiger charge is 2.07. The van der Waals surface area contributed by atoms with Crippen LogP contribution in [0.3, 0.4) is 0 Å². The van der Waals surface area contributed by atoms with Crippen LogP contribution in [0.15, 0.2) is 35.4 Å². The third-order valence-electron chi connectivity index (χ3n) is 2.95. The molecule has 19 heavy (non-hydrogen) atoms. The topological polar surface area (TPSA) is 51.8 Å². The number of thioether (sulfide) groups is 1. The van der Waals surface area contributed by atoms with Gasteiger partial charge in [0, 0.05) is 28.4 Å². The summed E-state index contributed by atoms with van der Waals surface area (Å²) in [6.45, 7) is 6.03. The van der Waals surface area contributed by atoms with Gasteiger partial charge in [0.25, 0.3) is 0 Å². The molecule has 2 N–H and O–H groups in total. The zero-order chi connectivity index (χ0) is 13.8. The molecule has 1 aromatic heterocycles. The van der Waals surface area contributed by atoms with Gasteiger partial charge in [0.05, 0.1) is 5.75 Å². The Morgan fingerprint density at radius 2 is 1.89 bits per heavy atom. The predicted molar refractivity (Wildman–Crippen MR) is 80.1 cm³/mol. The van der Waals surface area contributed by atoms with E-state index in [1.807, 2.05) is 20.0 Å². The van der Waals surface area contributed by atoms with Crippen LogP contribution in [0.4, 0.5) is 0 Å². The summed E-state index contributed by atoms with van der Waals surface area (Å²) in [6, 6.07) is 8.48. The molecule has 2 aromatic rings. The first-order chi connectivity index (χ1) is 9.06. The molecule has 100 valence electrons. The number of hydrogen-bond acceptors (Lipinski definition) is 4. The van der Waals surface area contributed by atoms with E-state index in [-0.39, 0.29) is 6.04 Å². The fraction of sp³-hybridized carbons (Fsp3) is 0.333. The minimum Gasteiger partial charge on any atom is -0.324 e. The molecule has 0 spiro atoms. The van der Waals surface area contributed by atoms with Crippen LogP contribution in [-0.4, -0.2) is 9.97 Å². The van der Waals surface area contributed by atoms with Crippen molar-refractivity contribution in [2.24, 2.45) is 5.73 Å². The maximum absolute atomic E-state index is 5.86. The molecule has 1 heterocycles. The van der Waals surface area contributed by atoms with E-state index in [0.717, 1.165) is 22.8 Å². The predicted octanol–water partition coefficient (Wildman–Crippen LogP) is 3.41. The summed E-state index contributed by atoms with van der Waals surface area (Å²) in [4.78, 5) is 10.1. The molecule has 2 rings (SSSR count). The summed E-state index contributed by atoms with van der Waals surface area (Å²) in [5, 5.41) is 0. The van der Waals surface area contributed by atoms with Gasteiger partial charge in [-0.25, -0.2) is 9.97 Å². The van der Waals surface area contributed by atoms with Gasteiger partial charge in [-0.15, -0.1) is 11.8 Å². The lowest BCUT2D eigenvalue weighted by molar-refractivity contribution is 0.781. The SMILES string of the molecule is Cc1ccc(SCc2ncc([C@H](C)N)c(C)n2)cc1. The molecule has 0 bridgehead atoms. The molecule has 0 fully saturated rings. The maximum Gasteiger partial charge on any atom is 0.138 e. The number of aryl methyl sites for hydroxylation is 2. The third kappa shape index (κ3) is 3.78. The Bertz CT molecular complexity index is 550. The molecule has 0 unspecified atom stereocenters. The van der Waals surface area contributed by atoms with Crippen molar-refractivity contribution in [3.8, 4) is 0 Å². The summed E-state index contributed by atoms with van der Waals surface area (Å²) < 4.78 is 0. The van der Waals surface area contributed by atoms with Gasteiger partial charge in [-0.3, -0.25) is 0 Å². The lowest BCUT2D eigenvalue weighted by atomic mass is 10.1. The molecule has 4 heteroatoms. The minimum absolute atomic E-state index is 0.0150. The van der Waals surface area contributed by atoms with Crippen LogP contribution < -0.4 is 5.73 Å². The Labute approximate surface area is 118 Å². The smallest absolute Gasteiger partial charge is 0.138 e. The Hall–Kier alpha value is -1.39. The van der Waals surface area contributed by atoms with Gasteiger partial charge in [-0.1, -0.05) is 17.7 Å². The molecule has 0 aliphatic carbocycles.